The molecule has 0 fully saturated rings. The van der Waals surface area contributed by atoms with Crippen LogP contribution in [0.25, 0.3) is 0 Å². The van der Waals surface area contributed by atoms with Crippen LogP contribution in [0, 0.1) is 13.8 Å². The molecule has 220 valence electrons. The summed E-state index contributed by atoms with van der Waals surface area (Å²) in [5.41, 5.74) is 4.53. The van der Waals surface area contributed by atoms with Gasteiger partial charge in [0.25, 0.3) is 0 Å². The van der Waals surface area contributed by atoms with Crippen LogP contribution in [0.4, 0.5) is 5.69 Å². The normalized spacial score (nSPS) is 11.9. The molecule has 0 aliphatic heterocycles. The third kappa shape index (κ3) is 6.40. The number of nitrogens with zero attached hydrogens (tertiary/aromatic N) is 11. The molecule has 13 nitrogen and oxygen atoms in total. The van der Waals surface area contributed by atoms with Crippen molar-refractivity contribution in [3.05, 3.63) is 100 Å². The van der Waals surface area contributed by atoms with E-state index in [0.29, 0.717) is 33.9 Å². The van der Waals surface area contributed by atoms with E-state index in [2.05, 4.69) is 79.1 Å². The van der Waals surface area contributed by atoms with E-state index in [-0.39, 0.29) is 17.5 Å². The van der Waals surface area contributed by atoms with E-state index < -0.39 is 5.92 Å². The van der Waals surface area contributed by atoms with Gasteiger partial charge in [-0.3, -0.25) is 0 Å². The van der Waals surface area contributed by atoms with E-state index in [1.807, 2.05) is 24.3 Å². The minimum Gasteiger partial charge on any atom is -0.508 e. The van der Waals surface area contributed by atoms with Crippen molar-refractivity contribution in [1.82, 2.24) is 40.6 Å². The van der Waals surface area contributed by atoms with E-state index in [4.69, 9.17) is 0 Å². The molecule has 2 heterocycles. The number of anilines is 1. The third-order valence-corrected chi connectivity index (χ3v) is 7.06. The number of phenols is 2. The molecule has 0 aliphatic carbocycles. The van der Waals surface area contributed by atoms with Crippen LogP contribution in [0.1, 0.15) is 66.2 Å². The second-order valence-corrected chi connectivity index (χ2v) is 10.3. The van der Waals surface area contributed by atoms with Gasteiger partial charge in [-0.15, -0.1) is 19.8 Å². The highest BCUT2D eigenvalue weighted by molar-refractivity contribution is 5.82. The number of hydrogen-bond acceptors (Lipinski definition) is 11. The Hall–Kier alpha value is -5.46. The lowest BCUT2D eigenvalue weighted by molar-refractivity contribution is 0.458. The van der Waals surface area contributed by atoms with Gasteiger partial charge in [0, 0.05) is 35.3 Å². The molecule has 0 aliphatic rings. The molecule has 13 heteroatoms. The summed E-state index contributed by atoms with van der Waals surface area (Å²) in [6, 6.07) is 18.9. The Morgan fingerprint density at radius 3 is 1.77 bits per heavy atom. The van der Waals surface area contributed by atoms with E-state index >= 15 is 0 Å². The van der Waals surface area contributed by atoms with Gasteiger partial charge in [-0.1, -0.05) is 12.1 Å². The molecule has 0 saturated heterocycles. The van der Waals surface area contributed by atoms with E-state index in [1.54, 1.807) is 50.5 Å². The molecule has 5 rings (SSSR count). The summed E-state index contributed by atoms with van der Waals surface area (Å²) in [4.78, 5) is 4.93. The average molecular weight is 580 g/mol. The van der Waals surface area contributed by atoms with E-state index in [1.165, 1.54) is 9.58 Å². The van der Waals surface area contributed by atoms with Crippen molar-refractivity contribution in [3.8, 4) is 11.5 Å². The van der Waals surface area contributed by atoms with Gasteiger partial charge in [0.2, 0.25) is 0 Å². The maximum Gasteiger partial charge on any atom is 0.173 e. The topological polar surface area (TPSA) is 156 Å². The molecule has 2 N–H and O–H groups in total. The molecule has 3 aromatic carbocycles. The molecular formula is C30H33N11O2. The van der Waals surface area contributed by atoms with Crippen molar-refractivity contribution in [3.63, 3.8) is 0 Å². The van der Waals surface area contributed by atoms with E-state index in [0.717, 1.165) is 17.8 Å². The summed E-state index contributed by atoms with van der Waals surface area (Å²) in [5, 5.41) is 53.8. The predicted octanol–water partition coefficient (Wildman–Crippen LogP) is 3.87. The first-order chi connectivity index (χ1) is 20.7. The number of benzene rings is 3. The van der Waals surface area contributed by atoms with Crippen LogP contribution in [-0.2, 0) is 0 Å². The van der Waals surface area contributed by atoms with Crippen LogP contribution < -0.4 is 4.90 Å². The highest BCUT2D eigenvalue weighted by Crippen LogP contribution is 2.42. The van der Waals surface area contributed by atoms with Gasteiger partial charge in [-0.05, 0) is 121 Å². The van der Waals surface area contributed by atoms with Crippen LogP contribution in [0.2, 0.25) is 0 Å². The molecular weight excluding hydrogens is 546 g/mol. The Morgan fingerprint density at radius 1 is 0.791 bits per heavy atom. The van der Waals surface area contributed by atoms with Crippen molar-refractivity contribution >= 4 is 18.1 Å². The monoisotopic (exact) mass is 579 g/mol. The molecule has 2 aromatic heterocycles. The summed E-state index contributed by atoms with van der Waals surface area (Å²) in [6.07, 6.45) is 3.24. The summed E-state index contributed by atoms with van der Waals surface area (Å²) in [5.74, 6) is 0.680. The number of aromatic hydroxyl groups is 2. The van der Waals surface area contributed by atoms with Gasteiger partial charge in [0.15, 0.2) is 11.6 Å². The van der Waals surface area contributed by atoms with Crippen molar-refractivity contribution in [2.45, 2.75) is 46.6 Å². The lowest BCUT2D eigenvalue weighted by Gasteiger charge is -2.29. The quantitative estimate of drug-likeness (QED) is 0.185. The molecule has 5 aromatic rings. The van der Waals surface area contributed by atoms with Crippen molar-refractivity contribution in [1.29, 1.82) is 0 Å². The van der Waals surface area contributed by atoms with Crippen molar-refractivity contribution in [2.75, 3.05) is 11.4 Å². The van der Waals surface area contributed by atoms with Crippen LogP contribution in [0.5, 0.6) is 11.5 Å². The number of aryl methyl sites for hydroxylation is 2. The second-order valence-electron chi connectivity index (χ2n) is 10.3. The highest BCUT2D eigenvalue weighted by Gasteiger charge is 2.25. The molecule has 43 heavy (non-hydrogen) atoms. The minimum atomic E-state index is -0.544. The zero-order valence-electron chi connectivity index (χ0n) is 24.6. The summed E-state index contributed by atoms with van der Waals surface area (Å²) >= 11 is 0. The summed E-state index contributed by atoms with van der Waals surface area (Å²) < 4.78 is 0. The van der Waals surface area contributed by atoms with Crippen LogP contribution in [0.3, 0.4) is 0 Å². The Balaban J connectivity index is 1.65. The SMILES string of the molecule is CCN(c1cccc(C(c2cc(/C=N/n3nnnc3C)ccc2O)c2cc(/C=N/n3nnnc3C)ccc2O)c1)C(C)C. The number of phenolic OH excluding ortho intramolecular Hbond substituents is 2. The molecule has 0 spiro atoms. The molecule has 0 radical (unpaired) electrons. The van der Waals surface area contributed by atoms with Gasteiger partial charge < -0.3 is 15.1 Å². The standard InChI is InChI=1S/C30H33N11O2/c1-6-39(19(2)3)25-9-7-8-24(16-25)30(26-14-22(10-12-28(26)42)17-31-40-20(4)33-35-37-40)27-15-23(11-13-29(27)43)18-32-41-21(5)34-36-38-41/h7-19,30,42-43H,6H2,1-5H3/b31-17+,32-18+. The van der Waals surface area contributed by atoms with Crippen LogP contribution in [-0.4, -0.2) is 75.9 Å². The zero-order valence-corrected chi connectivity index (χ0v) is 24.6. The van der Waals surface area contributed by atoms with Crippen LogP contribution >= 0.6 is 0 Å². The summed E-state index contributed by atoms with van der Waals surface area (Å²) in [7, 11) is 0. The Kier molecular flexibility index (Phi) is 8.51. The molecule has 0 unspecified atom stereocenters. The maximum atomic E-state index is 11.2. The van der Waals surface area contributed by atoms with Gasteiger partial charge in [-0.25, -0.2) is 0 Å². The van der Waals surface area contributed by atoms with Crippen molar-refractivity contribution < 1.29 is 10.2 Å². The number of tetrazole rings is 2. The minimum absolute atomic E-state index is 0.0742. The molecule has 0 saturated carbocycles. The first-order valence-corrected chi connectivity index (χ1v) is 13.9. The number of aromatic nitrogens is 8. The predicted molar refractivity (Wildman–Crippen MR) is 163 cm³/mol. The first-order valence-electron chi connectivity index (χ1n) is 13.9. The fraction of sp³-hybridized carbons (Fsp3) is 0.267. The Morgan fingerprint density at radius 2 is 1.33 bits per heavy atom. The van der Waals surface area contributed by atoms with Gasteiger partial charge >= 0.3 is 0 Å². The van der Waals surface area contributed by atoms with Gasteiger partial charge in [-0.2, -0.15) is 10.2 Å². The lowest BCUT2D eigenvalue weighted by atomic mass is 9.82. The fourth-order valence-corrected chi connectivity index (χ4v) is 4.94. The highest BCUT2D eigenvalue weighted by atomic mass is 16.3. The largest absolute Gasteiger partial charge is 0.508 e. The Labute approximate surface area is 248 Å². The smallest absolute Gasteiger partial charge is 0.173 e. The molecule has 0 amide bonds. The number of hydrogen-bond donors (Lipinski definition) is 2. The fourth-order valence-electron chi connectivity index (χ4n) is 4.94. The Bertz CT molecular complexity index is 1670. The average Bonchev–Trinajstić information content (AvgIpc) is 3.60. The zero-order chi connectivity index (χ0) is 30.5. The second kappa shape index (κ2) is 12.6. The maximum absolute atomic E-state index is 11.2. The van der Waals surface area contributed by atoms with Crippen LogP contribution in [0.15, 0.2) is 70.9 Å². The van der Waals surface area contributed by atoms with Gasteiger partial charge in [0.1, 0.15) is 11.5 Å². The molecule has 0 atom stereocenters. The van der Waals surface area contributed by atoms with Crippen molar-refractivity contribution in [2.24, 2.45) is 10.2 Å². The summed E-state index contributed by atoms with van der Waals surface area (Å²) in [6.45, 7) is 10.7. The van der Waals surface area contributed by atoms with Gasteiger partial charge in [0.05, 0.1) is 12.4 Å². The third-order valence-electron chi connectivity index (χ3n) is 7.06. The first kappa shape index (κ1) is 29.0. The lowest BCUT2D eigenvalue weighted by Crippen LogP contribution is -2.30. The van der Waals surface area contributed by atoms with E-state index in [9.17, 15) is 10.2 Å². The number of rotatable bonds is 10. The molecule has 0 bridgehead atoms.